The van der Waals surface area contributed by atoms with Gasteiger partial charge in [-0.05, 0) is 30.5 Å². The summed E-state index contributed by atoms with van der Waals surface area (Å²) in [5, 5.41) is 0.567. The summed E-state index contributed by atoms with van der Waals surface area (Å²) >= 11 is 1.40. The molecule has 2 atom stereocenters. The molecule has 3 rings (SSSR count). The van der Waals surface area contributed by atoms with Gasteiger partial charge in [0.05, 0.1) is 17.5 Å². The van der Waals surface area contributed by atoms with Crippen LogP contribution < -0.4 is 0 Å². The van der Waals surface area contributed by atoms with Crippen LogP contribution in [0.4, 0.5) is 4.39 Å². The van der Waals surface area contributed by atoms with E-state index < -0.39 is 9.84 Å². The number of thioether (sulfide) groups is 1. The molecule has 2 saturated heterocycles. The van der Waals surface area contributed by atoms with Gasteiger partial charge in [0.1, 0.15) is 5.82 Å². The van der Waals surface area contributed by atoms with Crippen LogP contribution in [0.5, 0.6) is 0 Å². The van der Waals surface area contributed by atoms with Crippen molar-refractivity contribution in [1.29, 1.82) is 0 Å². The first-order chi connectivity index (χ1) is 11.9. The number of amides is 1. The van der Waals surface area contributed by atoms with E-state index in [0.717, 1.165) is 12.0 Å². The van der Waals surface area contributed by atoms with Crippen molar-refractivity contribution >= 4 is 32.7 Å². The minimum atomic E-state index is -3.04. The number of fused-ring (bicyclic) bond motifs is 1. The molecule has 2 aliphatic heterocycles. The predicted molar refractivity (Wildman–Crippen MR) is 98.0 cm³/mol. The van der Waals surface area contributed by atoms with E-state index in [1.807, 2.05) is 11.8 Å². The summed E-state index contributed by atoms with van der Waals surface area (Å²) in [4.78, 5) is 18.1. The fourth-order valence-electron chi connectivity index (χ4n) is 3.17. The number of hydrogen-bond donors (Lipinski definition) is 0. The van der Waals surface area contributed by atoms with Crippen molar-refractivity contribution in [2.75, 3.05) is 18.1 Å². The second kappa shape index (κ2) is 7.45. The molecule has 2 aliphatic rings. The van der Waals surface area contributed by atoms with Crippen LogP contribution in [-0.4, -0.2) is 53.7 Å². The summed E-state index contributed by atoms with van der Waals surface area (Å²) in [6, 6.07) is 6.14. The second-order valence-electron chi connectivity index (χ2n) is 6.41. The highest BCUT2D eigenvalue weighted by Gasteiger charge is 2.48. The topological polar surface area (TPSA) is 66.8 Å². The van der Waals surface area contributed by atoms with Crippen LogP contribution in [0.25, 0.3) is 0 Å². The molecule has 2 heterocycles. The van der Waals surface area contributed by atoms with Gasteiger partial charge in [-0.1, -0.05) is 30.8 Å². The van der Waals surface area contributed by atoms with E-state index in [1.54, 1.807) is 12.1 Å². The third kappa shape index (κ3) is 4.41. The number of amidine groups is 1. The molecule has 1 aromatic rings. The normalized spacial score (nSPS) is 26.2. The lowest BCUT2D eigenvalue weighted by Crippen LogP contribution is -2.39. The van der Waals surface area contributed by atoms with Crippen LogP contribution in [0.2, 0.25) is 0 Å². The summed E-state index contributed by atoms with van der Waals surface area (Å²) < 4.78 is 36.9. The van der Waals surface area contributed by atoms with Crippen LogP contribution in [0.3, 0.4) is 0 Å². The molecule has 0 radical (unpaired) electrons. The van der Waals surface area contributed by atoms with Crippen molar-refractivity contribution < 1.29 is 17.6 Å². The van der Waals surface area contributed by atoms with Crippen molar-refractivity contribution in [2.24, 2.45) is 4.99 Å². The van der Waals surface area contributed by atoms with Gasteiger partial charge in [-0.2, -0.15) is 4.99 Å². The maximum Gasteiger partial charge on any atom is 0.248 e. The molecule has 0 aromatic heterocycles. The Balaban J connectivity index is 1.77. The minimum absolute atomic E-state index is 0.0635. The maximum absolute atomic E-state index is 13.0. The summed E-state index contributed by atoms with van der Waals surface area (Å²) in [5.74, 6) is -0.208. The molecule has 1 amide bonds. The molecular formula is C17H21FN2O3S2. The van der Waals surface area contributed by atoms with Gasteiger partial charge in [-0.25, -0.2) is 12.8 Å². The van der Waals surface area contributed by atoms with Gasteiger partial charge in [0.15, 0.2) is 15.0 Å². The number of sulfone groups is 1. The number of aliphatic imine (C=N–C) groups is 1. The molecule has 0 unspecified atom stereocenters. The number of rotatable bonds is 5. The molecule has 0 saturated carbocycles. The molecular weight excluding hydrogens is 363 g/mol. The second-order valence-corrected chi connectivity index (χ2v) is 9.77. The monoisotopic (exact) mass is 384 g/mol. The zero-order valence-electron chi connectivity index (χ0n) is 14.0. The van der Waals surface area contributed by atoms with Crippen molar-refractivity contribution in [3.63, 3.8) is 0 Å². The van der Waals surface area contributed by atoms with E-state index in [-0.39, 0.29) is 34.5 Å². The van der Waals surface area contributed by atoms with Crippen LogP contribution >= 0.6 is 11.8 Å². The van der Waals surface area contributed by atoms with E-state index in [1.165, 1.54) is 23.9 Å². The fourth-order valence-corrected chi connectivity index (χ4v) is 7.17. The van der Waals surface area contributed by atoms with Gasteiger partial charge in [-0.15, -0.1) is 0 Å². The Hall–Kier alpha value is -1.41. The van der Waals surface area contributed by atoms with Gasteiger partial charge in [0.2, 0.25) is 5.91 Å². The van der Waals surface area contributed by atoms with Crippen LogP contribution in [0.1, 0.15) is 25.3 Å². The predicted octanol–water partition coefficient (Wildman–Crippen LogP) is 2.27. The van der Waals surface area contributed by atoms with Gasteiger partial charge < -0.3 is 4.90 Å². The lowest BCUT2D eigenvalue weighted by Gasteiger charge is -2.24. The highest BCUT2D eigenvalue weighted by atomic mass is 32.2. The molecule has 0 bridgehead atoms. The first-order valence-corrected chi connectivity index (χ1v) is 11.1. The van der Waals surface area contributed by atoms with Crippen molar-refractivity contribution in [1.82, 2.24) is 4.90 Å². The summed E-state index contributed by atoms with van der Waals surface area (Å²) in [6.07, 6.45) is 1.77. The van der Waals surface area contributed by atoms with Crippen LogP contribution in [-0.2, 0) is 21.1 Å². The average molecular weight is 384 g/mol. The van der Waals surface area contributed by atoms with Crippen molar-refractivity contribution in [3.05, 3.63) is 35.6 Å². The number of nitrogens with zero attached hydrogens (tertiary/aromatic N) is 2. The molecule has 0 aliphatic carbocycles. The largest absolute Gasteiger partial charge is 0.346 e. The highest BCUT2D eigenvalue weighted by molar-refractivity contribution is 8.15. The number of carbonyl (C=O) groups is 1. The van der Waals surface area contributed by atoms with Crippen LogP contribution in [0, 0.1) is 5.82 Å². The number of hydrogen-bond acceptors (Lipinski definition) is 4. The van der Waals surface area contributed by atoms with Gasteiger partial charge in [0.25, 0.3) is 0 Å². The van der Waals surface area contributed by atoms with E-state index in [2.05, 4.69) is 4.99 Å². The van der Waals surface area contributed by atoms with E-state index in [9.17, 15) is 17.6 Å². The molecule has 1 aromatic carbocycles. The Morgan fingerprint density at radius 1 is 1.32 bits per heavy atom. The molecule has 5 nitrogen and oxygen atoms in total. The SMILES string of the molecule is CCCC(=O)N=C1S[C@@H]2CS(=O)(=O)C[C@H]2N1CCc1ccc(F)cc1. The summed E-state index contributed by atoms with van der Waals surface area (Å²) in [7, 11) is -3.04. The minimum Gasteiger partial charge on any atom is -0.346 e. The smallest absolute Gasteiger partial charge is 0.248 e. The number of halogens is 1. The standard InChI is InChI=1S/C17H21FN2O3S2/c1-2-3-16(21)19-17-20(9-8-12-4-6-13(18)7-5-12)14-10-25(22,23)11-15(14)24-17/h4-7,14-15H,2-3,8-11H2,1H3/t14-,15-/m1/s1. The Labute approximate surface area is 151 Å². The Morgan fingerprint density at radius 3 is 2.72 bits per heavy atom. The average Bonchev–Trinajstić information content (AvgIpc) is 2.98. The molecule has 136 valence electrons. The van der Waals surface area contributed by atoms with Crippen LogP contribution in [0.15, 0.2) is 29.3 Å². The highest BCUT2D eigenvalue weighted by Crippen LogP contribution is 2.38. The maximum atomic E-state index is 13.0. The first kappa shape index (κ1) is 18.4. The third-order valence-corrected chi connectivity index (χ3v) is 7.66. The molecule has 2 fully saturated rings. The van der Waals surface area contributed by atoms with Crippen molar-refractivity contribution in [3.8, 4) is 0 Å². The molecule has 8 heteroatoms. The molecule has 25 heavy (non-hydrogen) atoms. The number of benzene rings is 1. The quantitative estimate of drug-likeness (QED) is 0.779. The number of carbonyl (C=O) groups excluding carboxylic acids is 1. The molecule has 0 N–H and O–H groups in total. The third-order valence-electron chi connectivity index (χ3n) is 4.41. The summed E-state index contributed by atoms with van der Waals surface area (Å²) in [6.45, 7) is 2.49. The molecule has 0 spiro atoms. The van der Waals surface area contributed by atoms with E-state index in [0.29, 0.717) is 24.6 Å². The Kier molecular flexibility index (Phi) is 5.48. The zero-order valence-corrected chi connectivity index (χ0v) is 15.7. The lowest BCUT2D eigenvalue weighted by atomic mass is 10.1. The van der Waals surface area contributed by atoms with Gasteiger partial charge in [-0.3, -0.25) is 4.79 Å². The van der Waals surface area contributed by atoms with Gasteiger partial charge in [0, 0.05) is 18.2 Å². The summed E-state index contributed by atoms with van der Waals surface area (Å²) in [5.41, 5.74) is 0.968. The Bertz CT molecular complexity index is 778. The van der Waals surface area contributed by atoms with Gasteiger partial charge >= 0.3 is 0 Å². The van der Waals surface area contributed by atoms with E-state index in [4.69, 9.17) is 0 Å². The Morgan fingerprint density at radius 2 is 2.04 bits per heavy atom. The lowest BCUT2D eigenvalue weighted by molar-refractivity contribution is -0.117. The fraction of sp³-hybridized carbons (Fsp3) is 0.529. The van der Waals surface area contributed by atoms with E-state index >= 15 is 0 Å². The zero-order chi connectivity index (χ0) is 18.0. The van der Waals surface area contributed by atoms with Crippen molar-refractivity contribution in [2.45, 2.75) is 37.5 Å². The first-order valence-electron chi connectivity index (χ1n) is 8.37.